The van der Waals surface area contributed by atoms with Crippen LogP contribution >= 0.6 is 0 Å². The van der Waals surface area contributed by atoms with E-state index in [1.54, 1.807) is 12.3 Å². The molecule has 1 saturated carbocycles. The summed E-state index contributed by atoms with van der Waals surface area (Å²) < 4.78 is 13.3. The Labute approximate surface area is 159 Å². The average molecular weight is 365 g/mol. The summed E-state index contributed by atoms with van der Waals surface area (Å²) in [6.07, 6.45) is 5.51. The second-order valence-corrected chi connectivity index (χ2v) is 7.28. The Morgan fingerprint density at radius 3 is 2.70 bits per heavy atom. The maximum Gasteiger partial charge on any atom is 0.257 e. The van der Waals surface area contributed by atoms with Gasteiger partial charge in [0.2, 0.25) is 0 Å². The maximum atomic E-state index is 13.3. The molecular weight excluding hydrogens is 341 g/mol. The van der Waals surface area contributed by atoms with Crippen molar-refractivity contribution in [2.45, 2.75) is 26.2 Å². The number of fused-ring (bicyclic) bond motifs is 1. The fourth-order valence-electron chi connectivity index (χ4n) is 3.44. The van der Waals surface area contributed by atoms with E-state index in [1.165, 1.54) is 30.7 Å². The molecule has 2 N–H and O–H groups in total. The van der Waals surface area contributed by atoms with Crippen LogP contribution in [0.15, 0.2) is 48.7 Å². The molecule has 0 saturated heterocycles. The number of hydrogen-bond acceptors (Lipinski definition) is 3. The van der Waals surface area contributed by atoms with Gasteiger partial charge in [0.25, 0.3) is 5.91 Å². The first-order valence-electron chi connectivity index (χ1n) is 9.57. The molecule has 140 valence electrons. The van der Waals surface area contributed by atoms with Crippen molar-refractivity contribution in [3.8, 4) is 0 Å². The van der Waals surface area contributed by atoms with Crippen molar-refractivity contribution in [2.24, 2.45) is 5.92 Å². The van der Waals surface area contributed by atoms with Crippen molar-refractivity contribution in [1.82, 2.24) is 0 Å². The van der Waals surface area contributed by atoms with Gasteiger partial charge in [-0.05, 0) is 67.6 Å². The van der Waals surface area contributed by atoms with Crippen LogP contribution in [0, 0.1) is 11.7 Å². The molecule has 1 heterocycles. The van der Waals surface area contributed by atoms with Crippen molar-refractivity contribution in [3.63, 3.8) is 0 Å². The molecule has 2 aromatic rings. The molecule has 0 atom stereocenters. The lowest BCUT2D eigenvalue weighted by Crippen LogP contribution is -2.26. The number of carbonyl (C=O) groups is 1. The van der Waals surface area contributed by atoms with Gasteiger partial charge in [0, 0.05) is 36.2 Å². The highest BCUT2D eigenvalue weighted by atomic mass is 19.1. The Morgan fingerprint density at radius 2 is 2.00 bits per heavy atom. The number of hydrogen-bond donors (Lipinski definition) is 2. The average Bonchev–Trinajstić information content (AvgIpc) is 3.42. The van der Waals surface area contributed by atoms with Gasteiger partial charge in [-0.25, -0.2) is 4.39 Å². The fraction of sp³-hybridized carbons (Fsp3) is 0.318. The number of nitrogens with one attached hydrogen (secondary N) is 2. The van der Waals surface area contributed by atoms with E-state index in [1.807, 2.05) is 12.1 Å². The Bertz CT molecular complexity index is 872. The van der Waals surface area contributed by atoms with Gasteiger partial charge in [0.1, 0.15) is 5.82 Å². The highest BCUT2D eigenvalue weighted by molar-refractivity contribution is 6.31. The summed E-state index contributed by atoms with van der Waals surface area (Å²) in [7, 11) is 0. The second kappa shape index (κ2) is 7.43. The second-order valence-electron chi connectivity index (χ2n) is 7.28. The predicted molar refractivity (Wildman–Crippen MR) is 108 cm³/mol. The molecule has 0 radical (unpaired) electrons. The van der Waals surface area contributed by atoms with Crippen molar-refractivity contribution >= 4 is 28.5 Å². The lowest BCUT2D eigenvalue weighted by Gasteiger charge is -2.24. The molecule has 0 bridgehead atoms. The van der Waals surface area contributed by atoms with Gasteiger partial charge >= 0.3 is 0 Å². The van der Waals surface area contributed by atoms with Crippen LogP contribution in [0.5, 0.6) is 0 Å². The lowest BCUT2D eigenvalue weighted by atomic mass is 10.1. The number of benzene rings is 2. The number of anilines is 3. The molecule has 1 aliphatic carbocycles. The molecule has 27 heavy (non-hydrogen) atoms. The molecular formula is C22H24FN3O. The van der Waals surface area contributed by atoms with Crippen LogP contribution in [0.1, 0.15) is 31.7 Å². The van der Waals surface area contributed by atoms with E-state index in [9.17, 15) is 9.18 Å². The molecule has 0 spiro atoms. The smallest absolute Gasteiger partial charge is 0.257 e. The van der Waals surface area contributed by atoms with E-state index in [2.05, 4.69) is 34.6 Å². The van der Waals surface area contributed by atoms with E-state index < -0.39 is 0 Å². The zero-order chi connectivity index (χ0) is 18.8. The first-order chi connectivity index (χ1) is 13.1. The number of halogens is 1. The standard InChI is InChI=1S/C22H24FN3O/c1-2-11-26(14-15-3-4-15)18-8-6-17(7-9-18)24-13-20-19-10-5-16(23)12-21(19)25-22(20)27/h5-10,12-13,15,24H,2-4,11,14H2,1H3,(H,25,27). The Kier molecular flexibility index (Phi) is 4.84. The lowest BCUT2D eigenvalue weighted by molar-refractivity contribution is -0.110. The minimum Gasteiger partial charge on any atom is -0.371 e. The quantitative estimate of drug-likeness (QED) is 0.689. The number of nitrogens with zero attached hydrogens (tertiary/aromatic N) is 1. The van der Waals surface area contributed by atoms with Crippen LogP contribution in [-0.2, 0) is 4.79 Å². The number of rotatable bonds is 7. The molecule has 1 fully saturated rings. The van der Waals surface area contributed by atoms with Gasteiger partial charge in [0.15, 0.2) is 0 Å². The van der Waals surface area contributed by atoms with Gasteiger partial charge in [-0.1, -0.05) is 6.92 Å². The Balaban J connectivity index is 1.47. The molecule has 2 aliphatic rings. The number of amides is 1. The Morgan fingerprint density at radius 1 is 1.22 bits per heavy atom. The van der Waals surface area contributed by atoms with E-state index >= 15 is 0 Å². The van der Waals surface area contributed by atoms with Gasteiger partial charge < -0.3 is 15.5 Å². The summed E-state index contributed by atoms with van der Waals surface area (Å²) in [5.41, 5.74) is 3.89. The van der Waals surface area contributed by atoms with Gasteiger partial charge in [-0.3, -0.25) is 4.79 Å². The zero-order valence-corrected chi connectivity index (χ0v) is 15.5. The van der Waals surface area contributed by atoms with Gasteiger partial charge in [-0.15, -0.1) is 0 Å². The van der Waals surface area contributed by atoms with Crippen LogP contribution in [-0.4, -0.2) is 19.0 Å². The number of carbonyl (C=O) groups excluding carboxylic acids is 1. The zero-order valence-electron chi connectivity index (χ0n) is 15.5. The Hall–Kier alpha value is -2.82. The van der Waals surface area contributed by atoms with E-state index in [0.29, 0.717) is 16.8 Å². The summed E-state index contributed by atoms with van der Waals surface area (Å²) in [5.74, 6) is 0.268. The molecule has 4 rings (SSSR count). The summed E-state index contributed by atoms with van der Waals surface area (Å²) in [6.45, 7) is 4.41. The van der Waals surface area contributed by atoms with E-state index in [4.69, 9.17) is 0 Å². The molecule has 2 aromatic carbocycles. The van der Waals surface area contributed by atoms with Crippen LogP contribution < -0.4 is 15.5 Å². The highest BCUT2D eigenvalue weighted by Gasteiger charge is 2.25. The van der Waals surface area contributed by atoms with Crippen LogP contribution in [0.4, 0.5) is 21.5 Å². The van der Waals surface area contributed by atoms with Crippen molar-refractivity contribution in [1.29, 1.82) is 0 Å². The first kappa shape index (κ1) is 17.6. The summed E-state index contributed by atoms with van der Waals surface area (Å²) in [5, 5.41) is 5.88. The topological polar surface area (TPSA) is 44.4 Å². The molecule has 5 heteroatoms. The summed E-state index contributed by atoms with van der Waals surface area (Å²) >= 11 is 0. The SMILES string of the molecule is CCCN(CC1CC1)c1ccc(NC=C2C(=O)Nc3cc(F)ccc32)cc1. The van der Waals surface area contributed by atoms with Crippen molar-refractivity contribution < 1.29 is 9.18 Å². The third-order valence-corrected chi connectivity index (χ3v) is 5.05. The predicted octanol–water partition coefficient (Wildman–Crippen LogP) is 4.86. The first-order valence-corrected chi connectivity index (χ1v) is 9.57. The largest absolute Gasteiger partial charge is 0.371 e. The normalized spacial score (nSPS) is 17.0. The minimum atomic E-state index is -0.360. The molecule has 0 unspecified atom stereocenters. The van der Waals surface area contributed by atoms with Crippen LogP contribution in [0.2, 0.25) is 0 Å². The van der Waals surface area contributed by atoms with Crippen molar-refractivity contribution in [3.05, 3.63) is 60.0 Å². The highest BCUT2D eigenvalue weighted by Crippen LogP contribution is 2.33. The molecule has 4 nitrogen and oxygen atoms in total. The van der Waals surface area contributed by atoms with Crippen LogP contribution in [0.25, 0.3) is 5.57 Å². The third-order valence-electron chi connectivity index (χ3n) is 5.05. The molecule has 1 aliphatic heterocycles. The minimum absolute atomic E-state index is 0.224. The van der Waals surface area contributed by atoms with E-state index in [-0.39, 0.29) is 11.7 Å². The summed E-state index contributed by atoms with van der Waals surface area (Å²) in [4.78, 5) is 14.6. The summed E-state index contributed by atoms with van der Waals surface area (Å²) in [6, 6.07) is 12.6. The molecule has 0 aromatic heterocycles. The van der Waals surface area contributed by atoms with E-state index in [0.717, 1.165) is 31.1 Å². The maximum absolute atomic E-state index is 13.3. The van der Waals surface area contributed by atoms with Gasteiger partial charge in [-0.2, -0.15) is 0 Å². The fourth-order valence-corrected chi connectivity index (χ4v) is 3.44. The third kappa shape index (κ3) is 3.97. The monoisotopic (exact) mass is 365 g/mol. The van der Waals surface area contributed by atoms with Gasteiger partial charge in [0.05, 0.1) is 11.3 Å². The molecule has 1 amide bonds. The van der Waals surface area contributed by atoms with Crippen LogP contribution in [0.3, 0.4) is 0 Å². The van der Waals surface area contributed by atoms with Crippen molar-refractivity contribution in [2.75, 3.05) is 28.6 Å².